The van der Waals surface area contributed by atoms with Crippen LogP contribution in [0.25, 0.3) is 0 Å². The average molecular weight is 163 g/mol. The second kappa shape index (κ2) is 2.79. The molecule has 0 saturated heterocycles. The minimum atomic E-state index is 0.298. The fourth-order valence-corrected chi connectivity index (χ4v) is 1.70. The van der Waals surface area contributed by atoms with Crippen LogP contribution in [-0.4, -0.2) is 11.1 Å². The first kappa shape index (κ1) is 7.62. The van der Waals surface area contributed by atoms with Crippen LogP contribution in [0.4, 0.5) is 0 Å². The Bertz CT molecular complexity index is 285. The van der Waals surface area contributed by atoms with Crippen LogP contribution in [0.1, 0.15) is 24.3 Å². The standard InChI is InChI=1S/C10H13NO/c11-10-5-4-9(10)7-2-1-3-8(12)6-7/h1-3,6,9-10,12H,4-5,11H2. The van der Waals surface area contributed by atoms with E-state index in [1.807, 2.05) is 18.2 Å². The highest BCUT2D eigenvalue weighted by molar-refractivity contribution is 5.31. The molecule has 1 aliphatic rings. The number of phenols is 1. The summed E-state index contributed by atoms with van der Waals surface area (Å²) in [6, 6.07) is 7.70. The van der Waals surface area contributed by atoms with Crippen LogP contribution in [0.5, 0.6) is 5.75 Å². The third-order valence-corrected chi connectivity index (χ3v) is 2.63. The lowest BCUT2D eigenvalue weighted by molar-refractivity contribution is 0.345. The van der Waals surface area contributed by atoms with E-state index in [2.05, 4.69) is 0 Å². The van der Waals surface area contributed by atoms with Crippen molar-refractivity contribution in [2.45, 2.75) is 24.8 Å². The van der Waals surface area contributed by atoms with E-state index in [1.54, 1.807) is 6.07 Å². The molecule has 0 radical (unpaired) electrons. The smallest absolute Gasteiger partial charge is 0.115 e. The Morgan fingerprint density at radius 2 is 2.17 bits per heavy atom. The Morgan fingerprint density at radius 1 is 1.33 bits per heavy atom. The maximum absolute atomic E-state index is 9.23. The quantitative estimate of drug-likeness (QED) is 0.660. The second-order valence-electron chi connectivity index (χ2n) is 3.44. The van der Waals surface area contributed by atoms with Gasteiger partial charge in [0.05, 0.1) is 0 Å². The van der Waals surface area contributed by atoms with Crippen LogP contribution >= 0.6 is 0 Å². The zero-order valence-corrected chi connectivity index (χ0v) is 6.90. The predicted octanol–water partition coefficient (Wildman–Crippen LogP) is 1.60. The van der Waals surface area contributed by atoms with Crippen molar-refractivity contribution in [3.63, 3.8) is 0 Å². The minimum absolute atomic E-state index is 0.298. The van der Waals surface area contributed by atoms with Crippen LogP contribution in [0, 0.1) is 0 Å². The first-order valence-electron chi connectivity index (χ1n) is 4.32. The number of hydrogen-bond acceptors (Lipinski definition) is 2. The van der Waals surface area contributed by atoms with Crippen molar-refractivity contribution in [3.8, 4) is 5.75 Å². The van der Waals surface area contributed by atoms with Gasteiger partial charge in [0.2, 0.25) is 0 Å². The topological polar surface area (TPSA) is 46.2 Å². The Hall–Kier alpha value is -1.02. The van der Waals surface area contributed by atoms with E-state index in [0.29, 0.717) is 17.7 Å². The van der Waals surface area contributed by atoms with Crippen LogP contribution in [0.15, 0.2) is 24.3 Å². The van der Waals surface area contributed by atoms with E-state index in [-0.39, 0.29) is 0 Å². The Morgan fingerprint density at radius 3 is 2.67 bits per heavy atom. The molecule has 64 valence electrons. The molecule has 1 saturated carbocycles. The molecule has 0 spiro atoms. The van der Waals surface area contributed by atoms with Gasteiger partial charge in [-0.1, -0.05) is 12.1 Å². The lowest BCUT2D eigenvalue weighted by Gasteiger charge is -2.33. The number of benzene rings is 1. The van der Waals surface area contributed by atoms with Crippen molar-refractivity contribution in [1.29, 1.82) is 0 Å². The lowest BCUT2D eigenvalue weighted by atomic mass is 9.76. The third kappa shape index (κ3) is 1.18. The molecule has 2 unspecified atom stereocenters. The number of rotatable bonds is 1. The number of aromatic hydroxyl groups is 1. The maximum Gasteiger partial charge on any atom is 0.115 e. The number of nitrogens with two attached hydrogens (primary N) is 1. The van der Waals surface area contributed by atoms with Gasteiger partial charge in [-0.2, -0.15) is 0 Å². The van der Waals surface area contributed by atoms with Gasteiger partial charge in [0.25, 0.3) is 0 Å². The first-order chi connectivity index (χ1) is 5.77. The molecule has 1 fully saturated rings. The van der Waals surface area contributed by atoms with Gasteiger partial charge >= 0.3 is 0 Å². The van der Waals surface area contributed by atoms with Crippen molar-refractivity contribution >= 4 is 0 Å². The van der Waals surface area contributed by atoms with E-state index >= 15 is 0 Å². The molecular formula is C10H13NO. The minimum Gasteiger partial charge on any atom is -0.508 e. The predicted molar refractivity (Wildman–Crippen MR) is 48.1 cm³/mol. The van der Waals surface area contributed by atoms with Crippen molar-refractivity contribution in [2.24, 2.45) is 5.73 Å². The summed E-state index contributed by atoms with van der Waals surface area (Å²) in [5, 5.41) is 9.23. The molecule has 2 heteroatoms. The summed E-state index contributed by atoms with van der Waals surface area (Å²) < 4.78 is 0. The van der Waals surface area contributed by atoms with Gasteiger partial charge in [0.1, 0.15) is 5.75 Å². The molecule has 0 aliphatic heterocycles. The second-order valence-corrected chi connectivity index (χ2v) is 3.44. The summed E-state index contributed by atoms with van der Waals surface area (Å²) in [5.74, 6) is 0.809. The molecule has 1 aromatic carbocycles. The summed E-state index contributed by atoms with van der Waals surface area (Å²) in [7, 11) is 0. The number of hydrogen-bond donors (Lipinski definition) is 2. The first-order valence-corrected chi connectivity index (χ1v) is 4.32. The zero-order valence-electron chi connectivity index (χ0n) is 6.90. The van der Waals surface area contributed by atoms with Crippen LogP contribution in [-0.2, 0) is 0 Å². The van der Waals surface area contributed by atoms with Crippen molar-refractivity contribution in [2.75, 3.05) is 0 Å². The molecule has 2 nitrogen and oxygen atoms in total. The van der Waals surface area contributed by atoms with Gasteiger partial charge in [-0.25, -0.2) is 0 Å². The maximum atomic E-state index is 9.23. The van der Waals surface area contributed by atoms with E-state index < -0.39 is 0 Å². The Kier molecular flexibility index (Phi) is 1.77. The van der Waals surface area contributed by atoms with Crippen LogP contribution in [0.3, 0.4) is 0 Å². The largest absolute Gasteiger partial charge is 0.508 e. The molecule has 3 N–H and O–H groups in total. The van der Waals surface area contributed by atoms with Crippen LogP contribution < -0.4 is 5.73 Å². The van der Waals surface area contributed by atoms with E-state index in [9.17, 15) is 5.11 Å². The van der Waals surface area contributed by atoms with Crippen molar-refractivity contribution in [1.82, 2.24) is 0 Å². The van der Waals surface area contributed by atoms with Gasteiger partial charge < -0.3 is 10.8 Å². The summed E-state index contributed by atoms with van der Waals surface area (Å²) in [6.45, 7) is 0. The fraction of sp³-hybridized carbons (Fsp3) is 0.400. The normalized spacial score (nSPS) is 28.1. The molecular weight excluding hydrogens is 150 g/mol. The van der Waals surface area contributed by atoms with Crippen molar-refractivity contribution in [3.05, 3.63) is 29.8 Å². The molecule has 1 aliphatic carbocycles. The molecule has 0 heterocycles. The van der Waals surface area contributed by atoms with Gasteiger partial charge in [-0.15, -0.1) is 0 Å². The molecule has 2 atom stereocenters. The van der Waals surface area contributed by atoms with Gasteiger partial charge in [0.15, 0.2) is 0 Å². The summed E-state index contributed by atoms with van der Waals surface area (Å²) in [6.07, 6.45) is 2.27. The molecule has 0 amide bonds. The van der Waals surface area contributed by atoms with Gasteiger partial charge in [-0.05, 0) is 36.5 Å². The summed E-state index contributed by atoms with van der Waals surface area (Å²) >= 11 is 0. The van der Waals surface area contributed by atoms with E-state index in [0.717, 1.165) is 12.8 Å². The van der Waals surface area contributed by atoms with Gasteiger partial charge in [-0.3, -0.25) is 0 Å². The Labute approximate surface area is 72.0 Å². The Balaban J connectivity index is 2.22. The highest BCUT2D eigenvalue weighted by atomic mass is 16.3. The average Bonchev–Trinajstić information content (AvgIpc) is 2.02. The lowest BCUT2D eigenvalue weighted by Crippen LogP contribution is -2.37. The summed E-state index contributed by atoms with van der Waals surface area (Å²) in [5.41, 5.74) is 7.00. The van der Waals surface area contributed by atoms with Crippen LogP contribution in [0.2, 0.25) is 0 Å². The summed E-state index contributed by atoms with van der Waals surface area (Å²) in [4.78, 5) is 0. The number of phenolic OH excluding ortho intramolecular Hbond substituents is 1. The highest BCUT2D eigenvalue weighted by Crippen LogP contribution is 2.36. The zero-order chi connectivity index (χ0) is 8.55. The van der Waals surface area contributed by atoms with Crippen molar-refractivity contribution < 1.29 is 5.11 Å². The fourth-order valence-electron chi connectivity index (χ4n) is 1.70. The molecule has 12 heavy (non-hydrogen) atoms. The molecule has 2 rings (SSSR count). The van der Waals surface area contributed by atoms with E-state index in [1.165, 1.54) is 5.56 Å². The monoisotopic (exact) mass is 163 g/mol. The third-order valence-electron chi connectivity index (χ3n) is 2.63. The molecule has 0 aromatic heterocycles. The molecule has 0 bridgehead atoms. The molecule has 1 aromatic rings. The highest BCUT2D eigenvalue weighted by Gasteiger charge is 2.28. The van der Waals surface area contributed by atoms with Gasteiger partial charge in [0, 0.05) is 6.04 Å². The van der Waals surface area contributed by atoms with E-state index in [4.69, 9.17) is 5.73 Å². The SMILES string of the molecule is NC1CCC1c1cccc(O)c1.